The molecule has 2 heterocycles. The van der Waals surface area contributed by atoms with E-state index in [0.29, 0.717) is 9.90 Å². The van der Waals surface area contributed by atoms with Crippen molar-refractivity contribution in [3.05, 3.63) is 63.5 Å². The molecule has 0 spiro atoms. The number of carbonyl (C=O) groups excluding carboxylic acids is 1. The van der Waals surface area contributed by atoms with Crippen molar-refractivity contribution >= 4 is 45.1 Å². The first-order chi connectivity index (χ1) is 14.7. The van der Waals surface area contributed by atoms with Crippen molar-refractivity contribution in [2.75, 3.05) is 33.4 Å². The smallest absolute Gasteiger partial charge is 0.283 e. The van der Waals surface area contributed by atoms with E-state index >= 15 is 0 Å². The Kier molecular flexibility index (Phi) is 6.64. The van der Waals surface area contributed by atoms with Crippen LogP contribution in [0.25, 0.3) is 10.1 Å². The van der Waals surface area contributed by atoms with Crippen molar-refractivity contribution in [3.63, 3.8) is 0 Å². The Morgan fingerprint density at radius 2 is 2.10 bits per heavy atom. The number of hydrazone groups is 1. The van der Waals surface area contributed by atoms with Crippen molar-refractivity contribution in [2.24, 2.45) is 5.10 Å². The minimum absolute atomic E-state index is 0.320. The lowest BCUT2D eigenvalue weighted by Crippen LogP contribution is -2.35. The lowest BCUT2D eigenvalue weighted by molar-refractivity contribution is 0.0339. The molecular formula is C22H22ClN3O3S. The van der Waals surface area contributed by atoms with E-state index < -0.39 is 0 Å². The van der Waals surface area contributed by atoms with E-state index in [0.717, 1.165) is 59.8 Å². The maximum atomic E-state index is 12.5. The number of hydrogen-bond donors (Lipinski definition) is 1. The Bertz CT molecular complexity index is 1080. The fourth-order valence-electron chi connectivity index (χ4n) is 3.38. The molecule has 1 saturated heterocycles. The van der Waals surface area contributed by atoms with Crippen molar-refractivity contribution in [1.29, 1.82) is 0 Å². The number of rotatable bonds is 6. The number of carbonyl (C=O) groups is 1. The van der Waals surface area contributed by atoms with Crippen molar-refractivity contribution < 1.29 is 14.3 Å². The summed E-state index contributed by atoms with van der Waals surface area (Å²) in [5.74, 6) is 0.513. The second kappa shape index (κ2) is 9.57. The number of methoxy groups -OCH3 is 1. The molecule has 1 aliphatic rings. The molecule has 0 radical (unpaired) electrons. The van der Waals surface area contributed by atoms with Gasteiger partial charge in [-0.15, -0.1) is 11.3 Å². The van der Waals surface area contributed by atoms with Crippen LogP contribution >= 0.6 is 22.9 Å². The van der Waals surface area contributed by atoms with E-state index in [-0.39, 0.29) is 5.91 Å². The molecule has 2 aromatic carbocycles. The highest BCUT2D eigenvalue weighted by atomic mass is 35.5. The van der Waals surface area contributed by atoms with Gasteiger partial charge in [-0.05, 0) is 29.8 Å². The van der Waals surface area contributed by atoms with E-state index in [1.54, 1.807) is 13.3 Å². The van der Waals surface area contributed by atoms with E-state index in [2.05, 4.69) is 15.4 Å². The van der Waals surface area contributed by atoms with Crippen LogP contribution in [0.15, 0.2) is 47.6 Å². The van der Waals surface area contributed by atoms with Crippen molar-refractivity contribution in [3.8, 4) is 5.75 Å². The van der Waals surface area contributed by atoms with Crippen LogP contribution in [-0.4, -0.2) is 50.4 Å². The van der Waals surface area contributed by atoms with Gasteiger partial charge in [-0.1, -0.05) is 29.8 Å². The van der Waals surface area contributed by atoms with Crippen LogP contribution in [0.4, 0.5) is 0 Å². The van der Waals surface area contributed by atoms with Crippen molar-refractivity contribution in [1.82, 2.24) is 10.3 Å². The van der Waals surface area contributed by atoms with Gasteiger partial charge < -0.3 is 9.47 Å². The zero-order chi connectivity index (χ0) is 20.9. The largest absolute Gasteiger partial charge is 0.496 e. The fourth-order valence-corrected chi connectivity index (χ4v) is 4.79. The zero-order valence-corrected chi connectivity index (χ0v) is 18.1. The lowest BCUT2D eigenvalue weighted by atomic mass is 10.1. The molecular weight excluding hydrogens is 422 g/mol. The molecule has 1 aromatic heterocycles. The van der Waals surface area contributed by atoms with Crippen LogP contribution in [-0.2, 0) is 11.3 Å². The molecule has 0 aliphatic carbocycles. The van der Waals surface area contributed by atoms with E-state index in [4.69, 9.17) is 21.1 Å². The average Bonchev–Trinajstić information content (AvgIpc) is 3.11. The Morgan fingerprint density at radius 3 is 2.87 bits per heavy atom. The lowest BCUT2D eigenvalue weighted by Gasteiger charge is -2.27. The molecule has 156 valence electrons. The Hall–Kier alpha value is -2.45. The molecule has 0 atom stereocenters. The van der Waals surface area contributed by atoms with E-state index in [1.807, 2.05) is 42.5 Å². The third-order valence-corrected chi connectivity index (χ3v) is 6.60. The monoisotopic (exact) mass is 443 g/mol. The molecule has 0 bridgehead atoms. The number of thiophene rings is 1. The number of hydrogen-bond acceptors (Lipinski definition) is 6. The SMILES string of the molecule is COc1ccc(/C=N\NC(=O)c2sc3ccccc3c2Cl)cc1CN1CCOCC1. The second-order valence-corrected chi connectivity index (χ2v) is 8.33. The molecule has 30 heavy (non-hydrogen) atoms. The first-order valence-corrected chi connectivity index (χ1v) is 10.8. The van der Waals surface area contributed by atoms with Crippen molar-refractivity contribution in [2.45, 2.75) is 6.54 Å². The average molecular weight is 444 g/mol. The molecule has 4 rings (SSSR count). The number of fused-ring (bicyclic) bond motifs is 1. The Morgan fingerprint density at radius 1 is 1.30 bits per heavy atom. The number of benzene rings is 2. The molecule has 1 fully saturated rings. The summed E-state index contributed by atoms with van der Waals surface area (Å²) in [7, 11) is 1.67. The predicted octanol–water partition coefficient (Wildman–Crippen LogP) is 4.16. The molecule has 3 aromatic rings. The molecule has 6 nitrogen and oxygen atoms in total. The van der Waals surface area contributed by atoms with Gasteiger partial charge in [0.25, 0.3) is 5.91 Å². The van der Waals surface area contributed by atoms with Gasteiger partial charge in [-0.3, -0.25) is 9.69 Å². The molecule has 1 amide bonds. The molecule has 0 saturated carbocycles. The quantitative estimate of drug-likeness (QED) is 0.459. The number of morpholine rings is 1. The van der Waals surface area contributed by atoms with Gasteiger partial charge in [0.15, 0.2) is 0 Å². The van der Waals surface area contributed by atoms with E-state index in [9.17, 15) is 4.79 Å². The highest BCUT2D eigenvalue weighted by Crippen LogP contribution is 2.34. The third kappa shape index (κ3) is 4.65. The molecule has 0 unspecified atom stereocenters. The van der Waals surface area contributed by atoms with Gasteiger partial charge in [-0.2, -0.15) is 5.10 Å². The van der Waals surface area contributed by atoms with Crippen LogP contribution in [0, 0.1) is 0 Å². The standard InChI is InChI=1S/C22H22ClN3O3S/c1-28-18-7-6-15(12-16(18)14-26-8-10-29-11-9-26)13-24-25-22(27)21-20(23)17-4-2-3-5-19(17)30-21/h2-7,12-13H,8-11,14H2,1H3,(H,25,27)/b24-13-. The minimum atomic E-state index is -0.320. The molecule has 8 heteroatoms. The topological polar surface area (TPSA) is 63.2 Å². The summed E-state index contributed by atoms with van der Waals surface area (Å²) < 4.78 is 11.9. The highest BCUT2D eigenvalue weighted by Gasteiger charge is 2.16. The van der Waals surface area contributed by atoms with Gasteiger partial charge in [0.2, 0.25) is 0 Å². The third-order valence-electron chi connectivity index (χ3n) is 4.92. The van der Waals surface area contributed by atoms with Gasteiger partial charge >= 0.3 is 0 Å². The number of nitrogens with one attached hydrogen (secondary N) is 1. The summed E-state index contributed by atoms with van der Waals surface area (Å²) in [4.78, 5) is 15.3. The first kappa shape index (κ1) is 20.8. The fraction of sp³-hybridized carbons (Fsp3) is 0.273. The number of ether oxygens (including phenoxy) is 2. The summed E-state index contributed by atoms with van der Waals surface area (Å²) in [6.07, 6.45) is 1.63. The van der Waals surface area contributed by atoms with Gasteiger partial charge in [-0.25, -0.2) is 5.43 Å². The Balaban J connectivity index is 1.45. The first-order valence-electron chi connectivity index (χ1n) is 9.63. The summed E-state index contributed by atoms with van der Waals surface area (Å²) >= 11 is 7.72. The predicted molar refractivity (Wildman–Crippen MR) is 121 cm³/mol. The molecule has 1 aliphatic heterocycles. The van der Waals surface area contributed by atoms with E-state index in [1.165, 1.54) is 11.3 Å². The summed E-state index contributed by atoms with van der Waals surface area (Å²) in [5, 5.41) is 5.46. The van der Waals surface area contributed by atoms with Gasteiger partial charge in [0.1, 0.15) is 10.6 Å². The minimum Gasteiger partial charge on any atom is -0.496 e. The molecule has 1 N–H and O–H groups in total. The number of halogens is 1. The highest BCUT2D eigenvalue weighted by molar-refractivity contribution is 7.21. The summed E-state index contributed by atoms with van der Waals surface area (Å²) in [5.41, 5.74) is 4.53. The maximum absolute atomic E-state index is 12.5. The number of amides is 1. The van der Waals surface area contributed by atoms with Crippen LogP contribution in [0.5, 0.6) is 5.75 Å². The Labute approximate surface area is 184 Å². The summed E-state index contributed by atoms with van der Waals surface area (Å²) in [6.45, 7) is 4.06. The summed E-state index contributed by atoms with van der Waals surface area (Å²) in [6, 6.07) is 13.5. The number of nitrogens with zero attached hydrogens (tertiary/aromatic N) is 2. The van der Waals surface area contributed by atoms with Crippen LogP contribution in [0.3, 0.4) is 0 Å². The van der Waals surface area contributed by atoms with Gasteiger partial charge in [0, 0.05) is 35.3 Å². The van der Waals surface area contributed by atoms with Crippen LogP contribution in [0.1, 0.15) is 20.8 Å². The van der Waals surface area contributed by atoms with Gasteiger partial charge in [0.05, 0.1) is 31.6 Å². The zero-order valence-electron chi connectivity index (χ0n) is 16.6. The second-order valence-electron chi connectivity index (χ2n) is 6.90. The van der Waals surface area contributed by atoms with Crippen LogP contribution < -0.4 is 10.2 Å². The normalized spacial score (nSPS) is 15.0. The van der Waals surface area contributed by atoms with Crippen LogP contribution in [0.2, 0.25) is 5.02 Å². The maximum Gasteiger partial charge on any atom is 0.283 e.